The molecule has 1 amide bonds. The van der Waals surface area contributed by atoms with E-state index >= 15 is 0 Å². The van der Waals surface area contributed by atoms with Crippen LogP contribution < -0.4 is 5.32 Å². The van der Waals surface area contributed by atoms with Gasteiger partial charge in [0.1, 0.15) is 0 Å². The van der Waals surface area contributed by atoms with Crippen molar-refractivity contribution < 1.29 is 14.3 Å². The number of fused-ring (bicyclic) bond motifs is 1. The Morgan fingerprint density at radius 2 is 1.91 bits per heavy atom. The van der Waals surface area contributed by atoms with E-state index in [4.69, 9.17) is 9.73 Å². The number of amidine groups is 1. The van der Waals surface area contributed by atoms with Crippen molar-refractivity contribution in [1.29, 1.82) is 0 Å². The number of amides is 1. The molecule has 35 heavy (non-hydrogen) atoms. The van der Waals surface area contributed by atoms with E-state index in [1.54, 1.807) is 6.20 Å². The molecular formula is C27H30N4O3S. The average Bonchev–Trinajstić information content (AvgIpc) is 3.20. The van der Waals surface area contributed by atoms with E-state index in [2.05, 4.69) is 10.3 Å². The first kappa shape index (κ1) is 24.7. The summed E-state index contributed by atoms with van der Waals surface area (Å²) in [7, 11) is 0. The highest BCUT2D eigenvalue weighted by atomic mass is 32.2. The lowest BCUT2D eigenvalue weighted by Crippen LogP contribution is -2.38. The van der Waals surface area contributed by atoms with Crippen molar-refractivity contribution in [3.63, 3.8) is 0 Å². The van der Waals surface area contributed by atoms with Gasteiger partial charge < -0.3 is 15.0 Å². The Hall–Kier alpha value is -3.39. The van der Waals surface area contributed by atoms with Gasteiger partial charge in [0, 0.05) is 30.6 Å². The fourth-order valence-electron chi connectivity index (χ4n) is 4.20. The summed E-state index contributed by atoms with van der Waals surface area (Å²) in [6, 6.07) is 13.3. The minimum atomic E-state index is -0.419. The number of ether oxygens (including phenoxy) is 1. The molecule has 0 bridgehead atoms. The number of nitrogens with one attached hydrogen (secondary N) is 1. The van der Waals surface area contributed by atoms with E-state index in [1.165, 1.54) is 11.8 Å². The lowest BCUT2D eigenvalue weighted by molar-refractivity contribution is -0.143. The molecule has 0 aliphatic carbocycles. The molecule has 1 aromatic carbocycles. The molecule has 3 heterocycles. The molecule has 0 spiro atoms. The van der Waals surface area contributed by atoms with Crippen LogP contribution in [0.3, 0.4) is 0 Å². The molecule has 2 aliphatic rings. The zero-order valence-corrected chi connectivity index (χ0v) is 21.3. The first-order valence-corrected chi connectivity index (χ1v) is 12.6. The van der Waals surface area contributed by atoms with Gasteiger partial charge >= 0.3 is 5.97 Å². The molecule has 182 valence electrons. The van der Waals surface area contributed by atoms with E-state index in [1.807, 2.05) is 80.5 Å². The first-order chi connectivity index (χ1) is 16.8. The Bertz CT molecular complexity index is 1200. The Balaban J connectivity index is 1.57. The number of allylic oxidation sites excluding steroid dienone is 1. The van der Waals surface area contributed by atoms with Crippen LogP contribution in [0.25, 0.3) is 0 Å². The van der Waals surface area contributed by atoms with Crippen molar-refractivity contribution in [2.45, 2.75) is 52.7 Å². The zero-order valence-electron chi connectivity index (χ0n) is 20.4. The topological polar surface area (TPSA) is 83.9 Å². The summed E-state index contributed by atoms with van der Waals surface area (Å²) < 4.78 is 5.61. The molecule has 1 aromatic heterocycles. The number of rotatable bonds is 8. The van der Waals surface area contributed by atoms with Crippen LogP contribution in [0, 0.1) is 6.92 Å². The predicted octanol–water partition coefficient (Wildman–Crippen LogP) is 4.67. The van der Waals surface area contributed by atoms with Crippen LogP contribution in [-0.2, 0) is 20.7 Å². The van der Waals surface area contributed by atoms with Crippen LogP contribution in [0.15, 0.2) is 76.0 Å². The summed E-state index contributed by atoms with van der Waals surface area (Å²) in [5.74, 6) is -0.472. The number of pyridine rings is 1. The van der Waals surface area contributed by atoms with Gasteiger partial charge in [0.2, 0.25) is 5.91 Å². The predicted molar refractivity (Wildman–Crippen MR) is 138 cm³/mol. The molecule has 2 aliphatic heterocycles. The third-order valence-electron chi connectivity index (χ3n) is 5.82. The molecule has 1 atom stereocenters. The number of aryl methyl sites for hydroxylation is 1. The van der Waals surface area contributed by atoms with Crippen molar-refractivity contribution in [2.24, 2.45) is 4.99 Å². The standard InChI is InChI=1S/C27H30N4O3S/c1-17(2)34-26(33)24-19(4)30-27-31(25(24)22-11-6-5-9-18(22)3)21(16-35-27)15-23(32)29-14-12-20-10-7-8-13-28-20/h5-11,13,16-17,25H,12,14-15H2,1-4H3,(H,29,32)/t25-/m1/s1. The number of thioether (sulfide) groups is 1. The number of aromatic nitrogens is 1. The van der Waals surface area contributed by atoms with Gasteiger partial charge in [0.25, 0.3) is 0 Å². The van der Waals surface area contributed by atoms with Crippen LogP contribution in [0.4, 0.5) is 0 Å². The Kier molecular flexibility index (Phi) is 7.70. The summed E-state index contributed by atoms with van der Waals surface area (Å²) >= 11 is 1.47. The van der Waals surface area contributed by atoms with Crippen molar-refractivity contribution in [1.82, 2.24) is 15.2 Å². The second kappa shape index (κ2) is 10.9. The third-order valence-corrected chi connectivity index (χ3v) is 6.71. The molecule has 0 saturated carbocycles. The van der Waals surface area contributed by atoms with Crippen molar-refractivity contribution in [3.05, 3.63) is 87.9 Å². The number of aliphatic imine (C=N–C) groups is 1. The Morgan fingerprint density at radius 3 is 2.63 bits per heavy atom. The SMILES string of the molecule is CC1=C(C(=O)OC(C)C)[C@@H](c2ccccc2C)N2C(CC(=O)NCCc3ccccn3)=CSC2=N1. The number of hydrogen-bond acceptors (Lipinski definition) is 7. The molecule has 0 fully saturated rings. The van der Waals surface area contributed by atoms with Crippen LogP contribution in [0.1, 0.15) is 50.1 Å². The molecule has 8 heteroatoms. The Morgan fingerprint density at radius 1 is 1.14 bits per heavy atom. The van der Waals surface area contributed by atoms with Crippen molar-refractivity contribution in [3.8, 4) is 0 Å². The van der Waals surface area contributed by atoms with Gasteiger partial charge in [0.15, 0.2) is 5.17 Å². The molecule has 7 nitrogen and oxygen atoms in total. The van der Waals surface area contributed by atoms with E-state index in [0.717, 1.165) is 27.7 Å². The van der Waals surface area contributed by atoms with Gasteiger partial charge in [-0.15, -0.1) is 0 Å². The smallest absolute Gasteiger partial charge is 0.338 e. The molecule has 1 N–H and O–H groups in total. The lowest BCUT2D eigenvalue weighted by Gasteiger charge is -2.37. The van der Waals surface area contributed by atoms with Gasteiger partial charge in [-0.25, -0.2) is 9.79 Å². The van der Waals surface area contributed by atoms with E-state index in [0.29, 0.717) is 24.2 Å². The number of hydrogen-bond donors (Lipinski definition) is 1. The summed E-state index contributed by atoms with van der Waals surface area (Å²) in [5, 5.41) is 5.70. The minimum Gasteiger partial charge on any atom is -0.459 e. The quantitative estimate of drug-likeness (QED) is 0.542. The lowest BCUT2D eigenvalue weighted by atomic mass is 9.91. The van der Waals surface area contributed by atoms with Crippen LogP contribution in [-0.4, -0.2) is 39.6 Å². The summed E-state index contributed by atoms with van der Waals surface area (Å²) in [4.78, 5) is 37.1. The molecular weight excluding hydrogens is 460 g/mol. The fourth-order valence-corrected chi connectivity index (χ4v) is 5.16. The van der Waals surface area contributed by atoms with Gasteiger partial charge in [-0.2, -0.15) is 0 Å². The molecule has 2 aromatic rings. The molecule has 0 radical (unpaired) electrons. The van der Waals surface area contributed by atoms with E-state index in [-0.39, 0.29) is 24.4 Å². The number of nitrogens with zero attached hydrogens (tertiary/aromatic N) is 3. The van der Waals surface area contributed by atoms with Crippen LogP contribution in [0.2, 0.25) is 0 Å². The van der Waals surface area contributed by atoms with Gasteiger partial charge in [-0.1, -0.05) is 42.1 Å². The second-order valence-corrected chi connectivity index (χ2v) is 9.64. The van der Waals surface area contributed by atoms with Crippen molar-refractivity contribution >= 4 is 28.8 Å². The molecule has 0 unspecified atom stereocenters. The number of carbonyl (C=O) groups is 2. The number of benzene rings is 1. The molecule has 0 saturated heterocycles. The second-order valence-electron chi connectivity index (χ2n) is 8.80. The molecule has 4 rings (SSSR count). The highest BCUT2D eigenvalue weighted by Gasteiger charge is 2.41. The average molecular weight is 491 g/mol. The number of esters is 1. The summed E-state index contributed by atoms with van der Waals surface area (Å²) in [6.07, 6.45) is 2.34. The fraction of sp³-hybridized carbons (Fsp3) is 0.333. The Labute approximate surface area is 210 Å². The first-order valence-electron chi connectivity index (χ1n) is 11.7. The van der Waals surface area contributed by atoms with E-state index < -0.39 is 6.04 Å². The number of carbonyl (C=O) groups excluding carboxylic acids is 2. The van der Waals surface area contributed by atoms with Gasteiger partial charge in [0.05, 0.1) is 29.8 Å². The monoisotopic (exact) mass is 490 g/mol. The van der Waals surface area contributed by atoms with E-state index in [9.17, 15) is 9.59 Å². The maximum absolute atomic E-state index is 13.2. The third kappa shape index (κ3) is 5.65. The largest absolute Gasteiger partial charge is 0.459 e. The highest BCUT2D eigenvalue weighted by Crippen LogP contribution is 2.45. The van der Waals surface area contributed by atoms with Gasteiger partial charge in [-0.3, -0.25) is 9.78 Å². The van der Waals surface area contributed by atoms with Crippen LogP contribution in [0.5, 0.6) is 0 Å². The van der Waals surface area contributed by atoms with Crippen LogP contribution >= 0.6 is 11.8 Å². The zero-order chi connectivity index (χ0) is 24.9. The summed E-state index contributed by atoms with van der Waals surface area (Å²) in [6.45, 7) is 8.04. The van der Waals surface area contributed by atoms with Crippen molar-refractivity contribution in [2.75, 3.05) is 6.54 Å². The maximum atomic E-state index is 13.2. The maximum Gasteiger partial charge on any atom is 0.338 e. The highest BCUT2D eigenvalue weighted by molar-refractivity contribution is 8.16. The van der Waals surface area contributed by atoms with Gasteiger partial charge in [-0.05, 0) is 56.4 Å². The minimum absolute atomic E-state index is 0.0878. The normalized spacial score (nSPS) is 17.2. The summed E-state index contributed by atoms with van der Waals surface area (Å²) in [5.41, 5.74) is 4.91.